The first kappa shape index (κ1) is 24.5. The second-order valence-electron chi connectivity index (χ2n) is 6.80. The summed E-state index contributed by atoms with van der Waals surface area (Å²) in [5, 5.41) is 23.5. The number of thioether (sulfide) groups is 1. The Balaban J connectivity index is 1.61. The number of aromatic nitrogens is 3. The highest BCUT2D eigenvalue weighted by Crippen LogP contribution is 2.22. The molecule has 1 heterocycles. The van der Waals surface area contributed by atoms with Crippen LogP contribution in [0.4, 0.5) is 10.1 Å². The van der Waals surface area contributed by atoms with Gasteiger partial charge in [0.1, 0.15) is 17.6 Å². The highest BCUT2D eigenvalue weighted by molar-refractivity contribution is 7.99. The third-order valence-corrected chi connectivity index (χ3v) is 5.87. The van der Waals surface area contributed by atoms with Crippen LogP contribution in [0.25, 0.3) is 0 Å². The summed E-state index contributed by atoms with van der Waals surface area (Å²) in [6, 6.07) is 9.60. The summed E-state index contributed by atoms with van der Waals surface area (Å²) < 4.78 is 19.9. The average Bonchev–Trinajstić information content (AvgIpc) is 3.18. The summed E-state index contributed by atoms with van der Waals surface area (Å²) in [6.07, 6.45) is 0. The van der Waals surface area contributed by atoms with E-state index in [-0.39, 0.29) is 16.7 Å². The van der Waals surface area contributed by atoms with Crippen molar-refractivity contribution in [3.8, 4) is 5.75 Å². The predicted octanol–water partition coefficient (Wildman–Crippen LogP) is 2.81. The van der Waals surface area contributed by atoms with E-state index in [0.717, 1.165) is 17.8 Å². The van der Waals surface area contributed by atoms with Crippen LogP contribution in [0, 0.1) is 5.82 Å². The lowest BCUT2D eigenvalue weighted by atomic mass is 10.2. The maximum Gasteiger partial charge on any atom is 0.251 e. The molecule has 0 aliphatic carbocycles. The molecule has 0 saturated heterocycles. The number of carbonyl (C=O) groups is 2. The van der Waals surface area contributed by atoms with Crippen LogP contribution in [0.15, 0.2) is 47.6 Å². The number of halogens is 2. The molecule has 3 N–H and O–H groups in total. The normalized spacial score (nSPS) is 11.7. The Morgan fingerprint density at radius 2 is 1.97 bits per heavy atom. The van der Waals surface area contributed by atoms with Crippen LogP contribution in [0.1, 0.15) is 22.2 Å². The summed E-state index contributed by atoms with van der Waals surface area (Å²) in [4.78, 5) is 24.7. The third kappa shape index (κ3) is 6.21. The Labute approximate surface area is 198 Å². The Bertz CT molecular complexity index is 1140. The zero-order valence-corrected chi connectivity index (χ0v) is 19.3. The van der Waals surface area contributed by atoms with E-state index in [1.54, 1.807) is 35.9 Å². The number of hydrogen-bond donors (Lipinski definition) is 3. The molecule has 3 rings (SSSR count). The molecule has 2 amide bonds. The molecule has 0 radical (unpaired) electrons. The number of benzene rings is 2. The molecule has 1 atom stereocenters. The van der Waals surface area contributed by atoms with E-state index in [0.29, 0.717) is 28.0 Å². The molecule has 12 heteroatoms. The van der Waals surface area contributed by atoms with Gasteiger partial charge in [-0.2, -0.15) is 0 Å². The number of amides is 2. The minimum absolute atomic E-state index is 0.00294. The Hall–Kier alpha value is -3.15. The lowest BCUT2D eigenvalue weighted by Gasteiger charge is -2.16. The van der Waals surface area contributed by atoms with Crippen molar-refractivity contribution >= 4 is 40.9 Å². The SMILES string of the molecule is COc1ccc(C(=O)N[C@H](CO)c2nnc(SCC(=O)Nc3ccc(F)c(Cl)c3)n2C)cc1. The van der Waals surface area contributed by atoms with Crippen LogP contribution in [-0.2, 0) is 11.8 Å². The fourth-order valence-corrected chi connectivity index (χ4v) is 3.73. The van der Waals surface area contributed by atoms with Crippen LogP contribution < -0.4 is 15.4 Å². The smallest absolute Gasteiger partial charge is 0.251 e. The molecule has 33 heavy (non-hydrogen) atoms. The molecule has 174 valence electrons. The first-order chi connectivity index (χ1) is 15.8. The molecule has 2 aromatic carbocycles. The van der Waals surface area contributed by atoms with Gasteiger partial charge >= 0.3 is 0 Å². The molecular weight excluding hydrogens is 473 g/mol. The van der Waals surface area contributed by atoms with Crippen molar-refractivity contribution in [2.24, 2.45) is 7.05 Å². The highest BCUT2D eigenvalue weighted by atomic mass is 35.5. The zero-order valence-electron chi connectivity index (χ0n) is 17.7. The summed E-state index contributed by atoms with van der Waals surface area (Å²) >= 11 is 6.83. The minimum atomic E-state index is -0.804. The molecular formula is C21H21ClFN5O4S. The van der Waals surface area contributed by atoms with Crippen molar-refractivity contribution in [1.29, 1.82) is 0 Å². The maximum absolute atomic E-state index is 13.2. The number of carbonyl (C=O) groups excluding carboxylic acids is 2. The van der Waals surface area contributed by atoms with Gasteiger partial charge in [-0.05, 0) is 42.5 Å². The average molecular weight is 494 g/mol. The molecule has 0 fully saturated rings. The van der Waals surface area contributed by atoms with Gasteiger partial charge in [-0.3, -0.25) is 9.59 Å². The monoisotopic (exact) mass is 493 g/mol. The van der Waals surface area contributed by atoms with E-state index < -0.39 is 24.4 Å². The fourth-order valence-electron chi connectivity index (χ4n) is 2.83. The van der Waals surface area contributed by atoms with Crippen LogP contribution in [-0.4, -0.2) is 51.2 Å². The van der Waals surface area contributed by atoms with Crippen LogP contribution in [0.2, 0.25) is 5.02 Å². The van der Waals surface area contributed by atoms with E-state index in [4.69, 9.17) is 16.3 Å². The molecule has 1 aromatic heterocycles. The molecule has 0 aliphatic rings. The van der Waals surface area contributed by atoms with E-state index in [1.807, 2.05) is 0 Å². The number of anilines is 1. The first-order valence-corrected chi connectivity index (χ1v) is 11.0. The molecule has 9 nitrogen and oxygen atoms in total. The van der Waals surface area contributed by atoms with E-state index >= 15 is 0 Å². The second kappa shape index (κ2) is 11.1. The number of aliphatic hydroxyl groups excluding tert-OH is 1. The number of aliphatic hydroxyl groups is 1. The van der Waals surface area contributed by atoms with Crippen molar-refractivity contribution in [2.75, 3.05) is 24.8 Å². The molecule has 0 aliphatic heterocycles. The van der Waals surface area contributed by atoms with Gasteiger partial charge < -0.3 is 25.0 Å². The Morgan fingerprint density at radius 1 is 1.24 bits per heavy atom. The standard InChI is InChI=1S/C21H21ClFN5O4S/c1-28-19(17(10-29)25-20(31)12-3-6-14(32-2)7-4-12)26-27-21(28)33-11-18(30)24-13-5-8-16(23)15(22)9-13/h3-9,17,29H,10-11H2,1-2H3,(H,24,30)(H,25,31)/t17-/m1/s1. The van der Waals surface area contributed by atoms with Gasteiger partial charge in [0.15, 0.2) is 11.0 Å². The van der Waals surface area contributed by atoms with Crippen LogP contribution >= 0.6 is 23.4 Å². The number of rotatable bonds is 9. The van der Waals surface area contributed by atoms with Crippen molar-refractivity contribution in [3.63, 3.8) is 0 Å². The summed E-state index contributed by atoms with van der Waals surface area (Å²) in [6.45, 7) is -0.398. The Kier molecular flexibility index (Phi) is 8.26. The fraction of sp³-hybridized carbons (Fsp3) is 0.238. The van der Waals surface area contributed by atoms with E-state index in [9.17, 15) is 19.1 Å². The highest BCUT2D eigenvalue weighted by Gasteiger charge is 2.22. The molecule has 0 unspecified atom stereocenters. The third-order valence-electron chi connectivity index (χ3n) is 4.56. The molecule has 0 bridgehead atoms. The largest absolute Gasteiger partial charge is 0.497 e. The zero-order chi connectivity index (χ0) is 24.0. The van der Waals surface area contributed by atoms with Gasteiger partial charge in [0.2, 0.25) is 5.91 Å². The Morgan fingerprint density at radius 3 is 2.61 bits per heavy atom. The maximum atomic E-state index is 13.2. The van der Waals surface area contributed by atoms with E-state index in [2.05, 4.69) is 20.8 Å². The van der Waals surface area contributed by atoms with Crippen molar-refractivity contribution in [3.05, 3.63) is 64.7 Å². The minimum Gasteiger partial charge on any atom is -0.497 e. The van der Waals surface area contributed by atoms with Crippen LogP contribution in [0.5, 0.6) is 5.75 Å². The van der Waals surface area contributed by atoms with Crippen molar-refractivity contribution in [1.82, 2.24) is 20.1 Å². The molecule has 3 aromatic rings. The van der Waals surface area contributed by atoms with Gasteiger partial charge in [-0.25, -0.2) is 4.39 Å². The number of hydrogen-bond acceptors (Lipinski definition) is 7. The number of nitrogens with zero attached hydrogens (tertiary/aromatic N) is 3. The van der Waals surface area contributed by atoms with Crippen LogP contribution in [0.3, 0.4) is 0 Å². The van der Waals surface area contributed by atoms with Gasteiger partial charge in [-0.1, -0.05) is 23.4 Å². The van der Waals surface area contributed by atoms with Gasteiger partial charge in [0.05, 0.1) is 24.5 Å². The van der Waals surface area contributed by atoms with Gasteiger partial charge in [-0.15, -0.1) is 10.2 Å². The summed E-state index contributed by atoms with van der Waals surface area (Å²) in [7, 11) is 3.19. The van der Waals surface area contributed by atoms with E-state index in [1.165, 1.54) is 19.2 Å². The number of ether oxygens (including phenoxy) is 1. The lowest BCUT2D eigenvalue weighted by Crippen LogP contribution is -2.32. The molecule has 0 spiro atoms. The number of nitrogens with one attached hydrogen (secondary N) is 2. The predicted molar refractivity (Wildman–Crippen MR) is 122 cm³/mol. The lowest BCUT2D eigenvalue weighted by molar-refractivity contribution is -0.113. The number of methoxy groups -OCH3 is 1. The first-order valence-electron chi connectivity index (χ1n) is 9.65. The quantitative estimate of drug-likeness (QED) is 0.392. The molecule has 0 saturated carbocycles. The second-order valence-corrected chi connectivity index (χ2v) is 8.15. The van der Waals surface area contributed by atoms with Gasteiger partial charge in [0.25, 0.3) is 5.91 Å². The topological polar surface area (TPSA) is 118 Å². The summed E-state index contributed by atoms with van der Waals surface area (Å²) in [5.74, 6) is -0.374. The van der Waals surface area contributed by atoms with Gasteiger partial charge in [0, 0.05) is 18.3 Å². The van der Waals surface area contributed by atoms with Crippen molar-refractivity contribution in [2.45, 2.75) is 11.2 Å². The van der Waals surface area contributed by atoms with Crippen molar-refractivity contribution < 1.29 is 23.8 Å². The summed E-state index contributed by atoms with van der Waals surface area (Å²) in [5.41, 5.74) is 0.760.